The Morgan fingerprint density at radius 1 is 1.38 bits per heavy atom. The Bertz CT molecular complexity index is 540. The first-order chi connectivity index (χ1) is 7.63. The zero-order valence-corrected chi connectivity index (χ0v) is 9.63. The number of aromatic nitrogens is 1. The summed E-state index contributed by atoms with van der Waals surface area (Å²) >= 11 is 0. The number of hydrogen-bond donors (Lipinski definition) is 2. The first kappa shape index (κ1) is 10.9. The van der Waals surface area contributed by atoms with Crippen LogP contribution in [0.4, 0.5) is 0 Å². The highest BCUT2D eigenvalue weighted by atomic mass is 16.1. The van der Waals surface area contributed by atoms with Crippen molar-refractivity contribution in [1.82, 2.24) is 4.98 Å². The number of carbonyl (C=O) groups is 1. The molecule has 0 fully saturated rings. The summed E-state index contributed by atoms with van der Waals surface area (Å²) in [5.74, 6) is 0.120. The highest BCUT2D eigenvalue weighted by molar-refractivity contribution is 6.09. The Hall–Kier alpha value is -1.61. The number of nitrogens with two attached hydrogens (primary N) is 1. The van der Waals surface area contributed by atoms with Gasteiger partial charge in [-0.15, -0.1) is 0 Å². The molecule has 2 aromatic rings. The quantitative estimate of drug-likeness (QED) is 0.773. The second-order valence-corrected chi connectivity index (χ2v) is 4.14. The van der Waals surface area contributed by atoms with E-state index in [2.05, 4.69) is 11.1 Å². The molecule has 0 spiro atoms. The smallest absolute Gasteiger partial charge is 0.166 e. The Balaban J connectivity index is 2.60. The number of aryl methyl sites for hydroxylation is 2. The van der Waals surface area contributed by atoms with Crippen LogP contribution in [0.3, 0.4) is 0 Å². The van der Waals surface area contributed by atoms with E-state index in [0.29, 0.717) is 13.0 Å². The van der Waals surface area contributed by atoms with Gasteiger partial charge in [-0.05, 0) is 32.0 Å². The van der Waals surface area contributed by atoms with E-state index in [4.69, 9.17) is 5.73 Å². The number of benzene rings is 1. The van der Waals surface area contributed by atoms with Crippen LogP contribution < -0.4 is 5.73 Å². The van der Waals surface area contributed by atoms with Gasteiger partial charge in [0.25, 0.3) is 0 Å². The molecule has 84 valence electrons. The number of aromatic amines is 1. The van der Waals surface area contributed by atoms with Crippen LogP contribution in [0.15, 0.2) is 18.2 Å². The van der Waals surface area contributed by atoms with Gasteiger partial charge < -0.3 is 10.7 Å². The van der Waals surface area contributed by atoms with E-state index in [1.165, 1.54) is 5.56 Å². The van der Waals surface area contributed by atoms with Gasteiger partial charge >= 0.3 is 0 Å². The lowest BCUT2D eigenvalue weighted by molar-refractivity contribution is 0.0986. The maximum absolute atomic E-state index is 11.9. The number of nitrogens with one attached hydrogen (secondary N) is 1. The average molecular weight is 216 g/mol. The molecule has 0 saturated carbocycles. The van der Waals surface area contributed by atoms with E-state index in [1.807, 2.05) is 26.0 Å². The van der Waals surface area contributed by atoms with Crippen LogP contribution in [-0.4, -0.2) is 17.3 Å². The van der Waals surface area contributed by atoms with E-state index in [-0.39, 0.29) is 5.78 Å². The zero-order valence-electron chi connectivity index (χ0n) is 9.63. The van der Waals surface area contributed by atoms with E-state index >= 15 is 0 Å². The molecule has 1 aromatic heterocycles. The first-order valence-corrected chi connectivity index (χ1v) is 5.45. The second-order valence-electron chi connectivity index (χ2n) is 4.14. The molecule has 0 amide bonds. The third-order valence-corrected chi connectivity index (χ3v) is 2.79. The van der Waals surface area contributed by atoms with Gasteiger partial charge in [-0.1, -0.05) is 12.1 Å². The number of hydrogen-bond acceptors (Lipinski definition) is 2. The van der Waals surface area contributed by atoms with Crippen LogP contribution in [0, 0.1) is 13.8 Å². The van der Waals surface area contributed by atoms with Gasteiger partial charge in [-0.25, -0.2) is 0 Å². The molecule has 0 aliphatic heterocycles. The highest BCUT2D eigenvalue weighted by Gasteiger charge is 2.14. The number of ketones is 1. The largest absolute Gasteiger partial charge is 0.358 e. The van der Waals surface area contributed by atoms with Gasteiger partial charge in [-0.2, -0.15) is 0 Å². The summed E-state index contributed by atoms with van der Waals surface area (Å²) in [6.45, 7) is 4.37. The lowest BCUT2D eigenvalue weighted by Crippen LogP contribution is -2.08. The molecule has 2 rings (SSSR count). The fourth-order valence-corrected chi connectivity index (χ4v) is 2.06. The maximum atomic E-state index is 11.9. The van der Waals surface area contributed by atoms with Gasteiger partial charge in [0.1, 0.15) is 0 Å². The molecule has 0 unspecified atom stereocenters. The van der Waals surface area contributed by atoms with Crippen molar-refractivity contribution in [1.29, 1.82) is 0 Å². The Morgan fingerprint density at radius 2 is 2.12 bits per heavy atom. The molecule has 3 nitrogen and oxygen atoms in total. The minimum absolute atomic E-state index is 0.120. The van der Waals surface area contributed by atoms with Crippen LogP contribution in [0.25, 0.3) is 10.9 Å². The molecule has 3 N–H and O–H groups in total. The van der Waals surface area contributed by atoms with E-state index in [1.54, 1.807) is 0 Å². The molecule has 0 aliphatic rings. The molecule has 0 atom stereocenters. The van der Waals surface area contributed by atoms with Gasteiger partial charge in [0, 0.05) is 28.6 Å². The summed E-state index contributed by atoms with van der Waals surface area (Å²) < 4.78 is 0. The van der Waals surface area contributed by atoms with Crippen molar-refractivity contribution in [2.24, 2.45) is 5.73 Å². The number of fused-ring (bicyclic) bond motifs is 1. The summed E-state index contributed by atoms with van der Waals surface area (Å²) in [4.78, 5) is 15.2. The van der Waals surface area contributed by atoms with Crippen molar-refractivity contribution in [3.8, 4) is 0 Å². The standard InChI is InChI=1S/C13H16N2O/c1-8-3-4-10-11(7-8)15-9(2)13(10)12(16)5-6-14/h3-4,7,15H,5-6,14H2,1-2H3. The Labute approximate surface area is 94.6 Å². The lowest BCUT2D eigenvalue weighted by Gasteiger charge is -1.99. The van der Waals surface area contributed by atoms with Crippen molar-refractivity contribution in [2.45, 2.75) is 20.3 Å². The van der Waals surface area contributed by atoms with Crippen LogP contribution >= 0.6 is 0 Å². The lowest BCUT2D eigenvalue weighted by atomic mass is 10.0. The Morgan fingerprint density at radius 3 is 2.81 bits per heavy atom. The van der Waals surface area contributed by atoms with Crippen LogP contribution in [-0.2, 0) is 0 Å². The van der Waals surface area contributed by atoms with E-state index in [0.717, 1.165) is 22.2 Å². The monoisotopic (exact) mass is 216 g/mol. The third kappa shape index (κ3) is 1.74. The summed E-state index contributed by atoms with van der Waals surface area (Å²) in [5, 5.41) is 1.00. The van der Waals surface area contributed by atoms with E-state index in [9.17, 15) is 4.79 Å². The van der Waals surface area contributed by atoms with E-state index < -0.39 is 0 Å². The van der Waals surface area contributed by atoms with Gasteiger partial charge in [-0.3, -0.25) is 4.79 Å². The summed E-state index contributed by atoms with van der Waals surface area (Å²) in [7, 11) is 0. The molecule has 3 heteroatoms. The van der Waals surface area contributed by atoms with Crippen molar-refractivity contribution in [3.63, 3.8) is 0 Å². The minimum Gasteiger partial charge on any atom is -0.358 e. The summed E-state index contributed by atoms with van der Waals surface area (Å²) in [6.07, 6.45) is 0.404. The average Bonchev–Trinajstić information content (AvgIpc) is 2.53. The van der Waals surface area contributed by atoms with Gasteiger partial charge in [0.05, 0.1) is 0 Å². The molecular weight excluding hydrogens is 200 g/mol. The number of Topliss-reactive ketones (excluding diaryl/α,β-unsaturated/α-hetero) is 1. The fraction of sp³-hybridized carbons (Fsp3) is 0.308. The van der Waals surface area contributed by atoms with Crippen LogP contribution in [0.5, 0.6) is 0 Å². The van der Waals surface area contributed by atoms with Crippen LogP contribution in [0.1, 0.15) is 28.0 Å². The molecule has 16 heavy (non-hydrogen) atoms. The van der Waals surface area contributed by atoms with Crippen molar-refractivity contribution < 1.29 is 4.79 Å². The number of carbonyl (C=O) groups excluding carboxylic acids is 1. The van der Waals surface area contributed by atoms with Gasteiger partial charge in [0.2, 0.25) is 0 Å². The van der Waals surface area contributed by atoms with Crippen molar-refractivity contribution >= 4 is 16.7 Å². The number of H-pyrrole nitrogens is 1. The minimum atomic E-state index is 0.120. The summed E-state index contributed by atoms with van der Waals surface area (Å²) in [6, 6.07) is 6.08. The van der Waals surface area contributed by atoms with Crippen molar-refractivity contribution in [2.75, 3.05) is 6.54 Å². The molecule has 0 saturated heterocycles. The predicted molar refractivity (Wildman–Crippen MR) is 65.8 cm³/mol. The predicted octanol–water partition coefficient (Wildman–Crippen LogP) is 2.32. The first-order valence-electron chi connectivity index (χ1n) is 5.45. The molecule has 0 bridgehead atoms. The molecule has 1 heterocycles. The third-order valence-electron chi connectivity index (χ3n) is 2.79. The van der Waals surface area contributed by atoms with Crippen molar-refractivity contribution in [3.05, 3.63) is 35.0 Å². The molecule has 1 aromatic carbocycles. The number of rotatable bonds is 3. The molecule has 0 aliphatic carbocycles. The van der Waals surface area contributed by atoms with Gasteiger partial charge in [0.15, 0.2) is 5.78 Å². The summed E-state index contributed by atoms with van der Waals surface area (Å²) in [5.41, 5.74) is 9.36. The Kier molecular flexibility index (Phi) is 2.79. The highest BCUT2D eigenvalue weighted by Crippen LogP contribution is 2.24. The van der Waals surface area contributed by atoms with Crippen LogP contribution in [0.2, 0.25) is 0 Å². The fourth-order valence-electron chi connectivity index (χ4n) is 2.06. The topological polar surface area (TPSA) is 58.9 Å². The maximum Gasteiger partial charge on any atom is 0.166 e. The molecular formula is C13H16N2O. The SMILES string of the molecule is Cc1ccc2c(C(=O)CCN)c(C)[nH]c2c1. The zero-order chi connectivity index (χ0) is 11.7. The molecule has 0 radical (unpaired) electrons. The normalized spacial score (nSPS) is 10.9. The second kappa shape index (κ2) is 4.10.